The van der Waals surface area contributed by atoms with Gasteiger partial charge in [-0.1, -0.05) is 6.07 Å². The molecule has 0 aromatic carbocycles. The van der Waals surface area contributed by atoms with Crippen molar-refractivity contribution in [1.29, 1.82) is 0 Å². The molecular formula is C9H10N4O2S. The predicted molar refractivity (Wildman–Crippen MR) is 58.9 cm³/mol. The number of nitrogen functional groups attached to an aromatic ring is 1. The number of nitrogens with one attached hydrogen (secondary N) is 1. The highest BCUT2D eigenvalue weighted by atomic mass is 32.1. The summed E-state index contributed by atoms with van der Waals surface area (Å²) < 4.78 is 4.36. The molecule has 0 saturated heterocycles. The fraction of sp³-hybridized carbons (Fsp3) is 0.222. The number of rotatable bonds is 3. The van der Waals surface area contributed by atoms with E-state index >= 15 is 0 Å². The third-order valence-electron chi connectivity index (χ3n) is 2.05. The van der Waals surface area contributed by atoms with Crippen LogP contribution in [0.3, 0.4) is 0 Å². The quantitative estimate of drug-likeness (QED) is 0.838. The highest BCUT2D eigenvalue weighted by Crippen LogP contribution is 2.18. The van der Waals surface area contributed by atoms with Crippen LogP contribution in [0, 0.1) is 0 Å². The average molecular weight is 238 g/mol. The Hall–Kier alpha value is -1.89. The highest BCUT2D eigenvalue weighted by molar-refractivity contribution is 7.10. The van der Waals surface area contributed by atoms with Gasteiger partial charge in [0.05, 0.1) is 6.04 Å². The number of carbonyl (C=O) groups excluding carboxylic acids is 1. The van der Waals surface area contributed by atoms with E-state index in [2.05, 4.69) is 20.3 Å². The number of thiophene rings is 1. The molecule has 7 heteroatoms. The van der Waals surface area contributed by atoms with Crippen LogP contribution in [0.25, 0.3) is 0 Å². The highest BCUT2D eigenvalue weighted by Gasteiger charge is 2.18. The summed E-state index contributed by atoms with van der Waals surface area (Å²) in [6.07, 6.45) is 0. The molecule has 16 heavy (non-hydrogen) atoms. The minimum Gasteiger partial charge on any atom is -0.379 e. The third kappa shape index (κ3) is 2.03. The van der Waals surface area contributed by atoms with Gasteiger partial charge in [0.2, 0.25) is 11.5 Å². The van der Waals surface area contributed by atoms with Gasteiger partial charge >= 0.3 is 0 Å². The molecule has 0 bridgehead atoms. The molecule has 0 aliphatic carbocycles. The second-order valence-corrected chi connectivity index (χ2v) is 4.19. The SMILES string of the molecule is C[C@@H](NC(=O)c1nonc1N)c1cccs1. The third-order valence-corrected chi connectivity index (χ3v) is 3.10. The molecule has 0 aliphatic rings. The second kappa shape index (κ2) is 4.31. The summed E-state index contributed by atoms with van der Waals surface area (Å²) in [5.41, 5.74) is 5.43. The van der Waals surface area contributed by atoms with Crippen molar-refractivity contribution in [1.82, 2.24) is 15.6 Å². The summed E-state index contributed by atoms with van der Waals surface area (Å²) in [7, 11) is 0. The zero-order chi connectivity index (χ0) is 11.5. The Morgan fingerprint density at radius 3 is 3.00 bits per heavy atom. The van der Waals surface area contributed by atoms with Crippen LogP contribution in [-0.2, 0) is 0 Å². The molecule has 2 aromatic rings. The first kappa shape index (κ1) is 10.6. The van der Waals surface area contributed by atoms with Gasteiger partial charge in [-0.15, -0.1) is 11.3 Å². The molecule has 2 aromatic heterocycles. The van der Waals surface area contributed by atoms with Crippen LogP contribution in [-0.4, -0.2) is 16.2 Å². The van der Waals surface area contributed by atoms with Crippen molar-refractivity contribution in [3.05, 3.63) is 28.1 Å². The number of hydrogen-bond donors (Lipinski definition) is 2. The normalized spacial score (nSPS) is 12.3. The molecule has 0 spiro atoms. The number of hydrogen-bond acceptors (Lipinski definition) is 6. The van der Waals surface area contributed by atoms with Crippen molar-refractivity contribution in [3.63, 3.8) is 0 Å². The van der Waals surface area contributed by atoms with E-state index in [0.29, 0.717) is 0 Å². The van der Waals surface area contributed by atoms with E-state index < -0.39 is 0 Å². The lowest BCUT2D eigenvalue weighted by Crippen LogP contribution is -2.27. The van der Waals surface area contributed by atoms with E-state index in [-0.39, 0.29) is 23.5 Å². The first-order valence-electron chi connectivity index (χ1n) is 4.61. The number of aromatic nitrogens is 2. The Labute approximate surface area is 95.4 Å². The van der Waals surface area contributed by atoms with Crippen molar-refractivity contribution < 1.29 is 9.42 Å². The molecule has 0 fully saturated rings. The summed E-state index contributed by atoms with van der Waals surface area (Å²) in [6, 6.07) is 3.78. The Bertz CT molecular complexity index is 479. The molecule has 3 N–H and O–H groups in total. The molecule has 1 atom stereocenters. The van der Waals surface area contributed by atoms with Gasteiger partial charge in [-0.05, 0) is 28.7 Å². The zero-order valence-corrected chi connectivity index (χ0v) is 9.32. The van der Waals surface area contributed by atoms with Crippen LogP contribution >= 0.6 is 11.3 Å². The van der Waals surface area contributed by atoms with Gasteiger partial charge in [0, 0.05) is 4.88 Å². The molecule has 0 radical (unpaired) electrons. The molecule has 2 heterocycles. The van der Waals surface area contributed by atoms with Crippen LogP contribution in [0.1, 0.15) is 28.3 Å². The maximum atomic E-state index is 11.7. The number of amides is 1. The van der Waals surface area contributed by atoms with Gasteiger partial charge < -0.3 is 11.1 Å². The van der Waals surface area contributed by atoms with Crippen molar-refractivity contribution >= 4 is 23.1 Å². The summed E-state index contributed by atoms with van der Waals surface area (Å²) in [6.45, 7) is 1.88. The topological polar surface area (TPSA) is 94.0 Å². The van der Waals surface area contributed by atoms with Crippen LogP contribution < -0.4 is 11.1 Å². The van der Waals surface area contributed by atoms with E-state index in [0.717, 1.165) is 4.88 Å². The molecule has 1 amide bonds. The molecule has 0 aliphatic heterocycles. The molecule has 84 valence electrons. The second-order valence-electron chi connectivity index (χ2n) is 3.21. The maximum Gasteiger partial charge on any atom is 0.277 e. The minimum atomic E-state index is -0.389. The van der Waals surface area contributed by atoms with Crippen LogP contribution in [0.4, 0.5) is 5.82 Å². The van der Waals surface area contributed by atoms with Crippen molar-refractivity contribution in [3.8, 4) is 0 Å². The van der Waals surface area contributed by atoms with Gasteiger partial charge in [0.1, 0.15) is 0 Å². The first-order chi connectivity index (χ1) is 7.68. The van der Waals surface area contributed by atoms with E-state index in [1.165, 1.54) is 0 Å². The first-order valence-corrected chi connectivity index (χ1v) is 5.48. The molecule has 6 nitrogen and oxygen atoms in total. The Kier molecular flexibility index (Phi) is 2.86. The Morgan fingerprint density at radius 2 is 2.44 bits per heavy atom. The van der Waals surface area contributed by atoms with Gasteiger partial charge in [0.25, 0.3) is 5.91 Å². The Balaban J connectivity index is 2.06. The fourth-order valence-electron chi connectivity index (χ4n) is 1.23. The number of nitrogens with zero attached hydrogens (tertiary/aromatic N) is 2. The maximum absolute atomic E-state index is 11.7. The van der Waals surface area contributed by atoms with E-state index in [1.807, 2.05) is 24.4 Å². The van der Waals surface area contributed by atoms with Gasteiger partial charge in [-0.3, -0.25) is 4.79 Å². The molecule has 0 unspecified atom stereocenters. The van der Waals surface area contributed by atoms with Crippen LogP contribution in [0.2, 0.25) is 0 Å². The van der Waals surface area contributed by atoms with E-state index in [4.69, 9.17) is 5.73 Å². The average Bonchev–Trinajstić information content (AvgIpc) is 2.86. The van der Waals surface area contributed by atoms with Crippen molar-refractivity contribution in [2.45, 2.75) is 13.0 Å². The number of carbonyl (C=O) groups is 1. The Morgan fingerprint density at radius 1 is 1.62 bits per heavy atom. The standard InChI is InChI=1S/C9H10N4O2S/c1-5(6-3-2-4-16-6)11-9(14)7-8(10)13-15-12-7/h2-5H,1H3,(H2,10,13)(H,11,14)/t5-/m1/s1. The van der Waals surface area contributed by atoms with Gasteiger partial charge in [-0.2, -0.15) is 0 Å². The summed E-state index contributed by atoms with van der Waals surface area (Å²) in [5, 5.41) is 11.5. The van der Waals surface area contributed by atoms with Gasteiger partial charge in [-0.25, -0.2) is 4.63 Å². The zero-order valence-electron chi connectivity index (χ0n) is 8.51. The number of anilines is 1. The summed E-state index contributed by atoms with van der Waals surface area (Å²) >= 11 is 1.57. The lowest BCUT2D eigenvalue weighted by atomic mass is 10.2. The van der Waals surface area contributed by atoms with Gasteiger partial charge in [0.15, 0.2) is 0 Å². The summed E-state index contributed by atoms with van der Waals surface area (Å²) in [5.74, 6) is -0.393. The van der Waals surface area contributed by atoms with Crippen LogP contribution in [0.15, 0.2) is 22.1 Å². The monoisotopic (exact) mass is 238 g/mol. The van der Waals surface area contributed by atoms with Crippen molar-refractivity contribution in [2.24, 2.45) is 0 Å². The summed E-state index contributed by atoms with van der Waals surface area (Å²) in [4.78, 5) is 12.7. The molecule has 0 saturated carbocycles. The van der Waals surface area contributed by atoms with E-state index in [1.54, 1.807) is 11.3 Å². The van der Waals surface area contributed by atoms with Crippen LogP contribution in [0.5, 0.6) is 0 Å². The van der Waals surface area contributed by atoms with Crippen molar-refractivity contribution in [2.75, 3.05) is 5.73 Å². The van der Waals surface area contributed by atoms with E-state index in [9.17, 15) is 4.79 Å². The fourth-order valence-corrected chi connectivity index (χ4v) is 1.96. The molecular weight excluding hydrogens is 228 g/mol. The predicted octanol–water partition coefficient (Wildman–Crippen LogP) is 1.20. The smallest absolute Gasteiger partial charge is 0.277 e. The largest absolute Gasteiger partial charge is 0.379 e. The molecule has 2 rings (SSSR count). The minimum absolute atomic E-state index is 0.00382. The lowest BCUT2D eigenvalue weighted by Gasteiger charge is -2.10. The number of nitrogens with two attached hydrogens (primary N) is 1. The lowest BCUT2D eigenvalue weighted by molar-refractivity contribution is 0.0931.